The summed E-state index contributed by atoms with van der Waals surface area (Å²) in [4.78, 5) is 28.0. The fraction of sp³-hybridized carbons (Fsp3) is 0.652. The van der Waals surface area contributed by atoms with Crippen LogP contribution in [0.5, 0.6) is 0 Å². The second kappa shape index (κ2) is 9.08. The van der Waals surface area contributed by atoms with Gasteiger partial charge in [-0.2, -0.15) is 0 Å². The fourth-order valence-corrected chi connectivity index (χ4v) is 4.81. The Morgan fingerprint density at radius 1 is 1.18 bits per heavy atom. The molecule has 28 heavy (non-hydrogen) atoms. The van der Waals surface area contributed by atoms with E-state index >= 15 is 0 Å². The van der Waals surface area contributed by atoms with E-state index in [1.54, 1.807) is 0 Å². The van der Waals surface area contributed by atoms with Gasteiger partial charge in [-0.3, -0.25) is 9.59 Å². The Morgan fingerprint density at radius 3 is 2.46 bits per heavy atom. The smallest absolute Gasteiger partial charge is 0.233 e. The lowest BCUT2D eigenvalue weighted by molar-refractivity contribution is -0.141. The molecule has 1 heterocycles. The van der Waals surface area contributed by atoms with Crippen LogP contribution in [-0.4, -0.2) is 42.9 Å². The third-order valence-electron chi connectivity index (χ3n) is 6.52. The van der Waals surface area contributed by atoms with Gasteiger partial charge in [0.1, 0.15) is 0 Å². The van der Waals surface area contributed by atoms with Crippen LogP contribution in [0.4, 0.5) is 0 Å². The van der Waals surface area contributed by atoms with Crippen molar-refractivity contribution in [3.05, 3.63) is 35.4 Å². The van der Waals surface area contributed by atoms with Gasteiger partial charge in [0.05, 0.1) is 11.3 Å². The normalized spacial score (nSPS) is 21.7. The first-order chi connectivity index (χ1) is 13.5. The summed E-state index contributed by atoms with van der Waals surface area (Å²) >= 11 is 0. The number of likely N-dealkylation sites (tertiary alicyclic amines) is 1. The van der Waals surface area contributed by atoms with Crippen molar-refractivity contribution < 1.29 is 9.59 Å². The summed E-state index contributed by atoms with van der Waals surface area (Å²) in [5.41, 5.74) is 7.54. The number of nitrogens with one attached hydrogen (secondary N) is 1. The lowest BCUT2D eigenvalue weighted by atomic mass is 9.76. The van der Waals surface area contributed by atoms with Crippen molar-refractivity contribution in [1.29, 1.82) is 0 Å². The van der Waals surface area contributed by atoms with Crippen LogP contribution >= 0.6 is 0 Å². The van der Waals surface area contributed by atoms with Crippen LogP contribution in [-0.2, 0) is 15.0 Å². The Balaban J connectivity index is 1.78. The Kier molecular flexibility index (Phi) is 6.76. The van der Waals surface area contributed by atoms with Gasteiger partial charge >= 0.3 is 0 Å². The molecule has 0 spiro atoms. The fourth-order valence-electron chi connectivity index (χ4n) is 4.81. The zero-order valence-electron chi connectivity index (χ0n) is 17.4. The van der Waals surface area contributed by atoms with Gasteiger partial charge in [0.15, 0.2) is 0 Å². The molecule has 0 aromatic heterocycles. The van der Waals surface area contributed by atoms with E-state index in [0.29, 0.717) is 25.6 Å². The summed E-state index contributed by atoms with van der Waals surface area (Å²) in [6, 6.07) is 8.67. The highest BCUT2D eigenvalue weighted by Crippen LogP contribution is 2.43. The number of amides is 2. The molecular weight excluding hydrogens is 350 g/mol. The molecule has 5 nitrogen and oxygen atoms in total. The topological polar surface area (TPSA) is 75.4 Å². The zero-order valence-corrected chi connectivity index (χ0v) is 17.4. The minimum atomic E-state index is -0.412. The molecule has 1 saturated carbocycles. The first kappa shape index (κ1) is 20.8. The predicted octanol–water partition coefficient (Wildman–Crippen LogP) is 2.94. The molecule has 0 bridgehead atoms. The number of rotatable bonds is 6. The summed E-state index contributed by atoms with van der Waals surface area (Å²) in [6.45, 7) is 6.60. The molecule has 1 saturated heterocycles. The second-order valence-corrected chi connectivity index (χ2v) is 8.74. The first-order valence-electron chi connectivity index (χ1n) is 10.9. The lowest BCUT2D eigenvalue weighted by Crippen LogP contribution is -2.51. The molecule has 3 N–H and O–H groups in total. The largest absolute Gasteiger partial charge is 0.355 e. The summed E-state index contributed by atoms with van der Waals surface area (Å²) in [6.07, 6.45) is 5.73. The third-order valence-corrected chi connectivity index (χ3v) is 6.52. The third kappa shape index (κ3) is 4.24. The molecule has 2 aliphatic rings. The number of benzene rings is 1. The molecule has 2 amide bonds. The van der Waals surface area contributed by atoms with E-state index in [0.717, 1.165) is 50.6 Å². The highest BCUT2D eigenvalue weighted by molar-refractivity contribution is 5.89. The molecule has 1 aliphatic carbocycles. The number of carbonyl (C=O) groups excluding carboxylic acids is 2. The van der Waals surface area contributed by atoms with Crippen LogP contribution < -0.4 is 11.1 Å². The van der Waals surface area contributed by atoms with Crippen LogP contribution in [0.15, 0.2) is 24.3 Å². The van der Waals surface area contributed by atoms with Gasteiger partial charge in [0.2, 0.25) is 11.8 Å². The van der Waals surface area contributed by atoms with Crippen molar-refractivity contribution in [3.8, 4) is 0 Å². The van der Waals surface area contributed by atoms with Gasteiger partial charge in [-0.05, 0) is 42.7 Å². The maximum atomic E-state index is 13.7. The SMILES string of the molecule is CC(C)c1ccc(C2(C(=O)N3CCCC(C(=O)NCCN)C3)CCCC2)cc1. The Labute approximate surface area is 169 Å². The average molecular weight is 386 g/mol. The molecular formula is C23H35N3O2. The number of carbonyl (C=O) groups is 2. The molecule has 1 unspecified atom stereocenters. The Hall–Kier alpha value is -1.88. The Morgan fingerprint density at radius 2 is 1.86 bits per heavy atom. The van der Waals surface area contributed by atoms with Gasteiger partial charge < -0.3 is 16.0 Å². The highest BCUT2D eigenvalue weighted by Gasteiger charge is 2.46. The van der Waals surface area contributed by atoms with Crippen molar-refractivity contribution >= 4 is 11.8 Å². The van der Waals surface area contributed by atoms with Gasteiger partial charge in [0, 0.05) is 26.2 Å². The van der Waals surface area contributed by atoms with Crippen LogP contribution in [0, 0.1) is 5.92 Å². The summed E-state index contributed by atoms with van der Waals surface area (Å²) in [7, 11) is 0. The number of nitrogens with two attached hydrogens (primary N) is 1. The van der Waals surface area contributed by atoms with E-state index in [9.17, 15) is 9.59 Å². The maximum Gasteiger partial charge on any atom is 0.233 e. The summed E-state index contributed by atoms with van der Waals surface area (Å²) in [5.74, 6) is 0.619. The monoisotopic (exact) mass is 385 g/mol. The molecule has 1 aromatic carbocycles. The minimum absolute atomic E-state index is 0.0321. The molecule has 1 aliphatic heterocycles. The summed E-state index contributed by atoms with van der Waals surface area (Å²) < 4.78 is 0. The molecule has 3 rings (SSSR count). The predicted molar refractivity (Wildman–Crippen MR) is 112 cm³/mol. The lowest BCUT2D eigenvalue weighted by Gasteiger charge is -2.39. The molecule has 0 radical (unpaired) electrons. The van der Waals surface area contributed by atoms with Gasteiger partial charge in [-0.1, -0.05) is 51.0 Å². The van der Waals surface area contributed by atoms with E-state index in [1.165, 1.54) is 5.56 Å². The molecule has 1 atom stereocenters. The average Bonchev–Trinajstić information content (AvgIpc) is 3.22. The van der Waals surface area contributed by atoms with Crippen LogP contribution in [0.1, 0.15) is 69.4 Å². The number of nitrogens with zero attached hydrogens (tertiary/aromatic N) is 1. The minimum Gasteiger partial charge on any atom is -0.355 e. The van der Waals surface area contributed by atoms with E-state index in [4.69, 9.17) is 5.73 Å². The summed E-state index contributed by atoms with van der Waals surface area (Å²) in [5, 5.41) is 2.89. The second-order valence-electron chi connectivity index (χ2n) is 8.74. The van der Waals surface area contributed by atoms with E-state index < -0.39 is 5.41 Å². The van der Waals surface area contributed by atoms with Crippen LogP contribution in [0.25, 0.3) is 0 Å². The molecule has 2 fully saturated rings. The number of hydrogen-bond donors (Lipinski definition) is 2. The Bertz CT molecular complexity index is 678. The van der Waals surface area contributed by atoms with E-state index in [2.05, 4.69) is 43.4 Å². The van der Waals surface area contributed by atoms with Crippen molar-refractivity contribution in [3.63, 3.8) is 0 Å². The van der Waals surface area contributed by atoms with Crippen molar-refractivity contribution in [2.75, 3.05) is 26.2 Å². The number of piperidine rings is 1. The van der Waals surface area contributed by atoms with Crippen molar-refractivity contribution in [2.45, 2.75) is 63.7 Å². The van der Waals surface area contributed by atoms with Gasteiger partial charge in [0.25, 0.3) is 0 Å². The van der Waals surface area contributed by atoms with E-state index in [-0.39, 0.29) is 17.7 Å². The standard InChI is InChI=1S/C23H35N3O2/c1-17(2)18-7-9-20(10-8-18)23(11-3-4-12-23)22(28)26-15-5-6-19(16-26)21(27)25-14-13-24/h7-10,17,19H,3-6,11-16,24H2,1-2H3,(H,25,27). The number of hydrogen-bond acceptors (Lipinski definition) is 3. The molecule has 1 aromatic rings. The van der Waals surface area contributed by atoms with Crippen molar-refractivity contribution in [2.24, 2.45) is 11.7 Å². The van der Waals surface area contributed by atoms with Crippen molar-refractivity contribution in [1.82, 2.24) is 10.2 Å². The maximum absolute atomic E-state index is 13.7. The van der Waals surface area contributed by atoms with Crippen LogP contribution in [0.2, 0.25) is 0 Å². The highest BCUT2D eigenvalue weighted by atomic mass is 16.2. The molecule has 5 heteroatoms. The first-order valence-corrected chi connectivity index (χ1v) is 10.9. The molecule has 154 valence electrons. The van der Waals surface area contributed by atoms with E-state index in [1.807, 2.05) is 4.90 Å². The quantitative estimate of drug-likeness (QED) is 0.790. The van der Waals surface area contributed by atoms with Crippen LogP contribution in [0.3, 0.4) is 0 Å². The van der Waals surface area contributed by atoms with Gasteiger partial charge in [-0.15, -0.1) is 0 Å². The van der Waals surface area contributed by atoms with Gasteiger partial charge in [-0.25, -0.2) is 0 Å². The zero-order chi connectivity index (χ0) is 20.1.